The zero-order valence-electron chi connectivity index (χ0n) is 17.3. The smallest absolute Gasteiger partial charge is 0.191 e. The third-order valence-corrected chi connectivity index (χ3v) is 6.02. The zero-order valence-corrected chi connectivity index (χ0v) is 18.1. The summed E-state index contributed by atoms with van der Waals surface area (Å²) in [5, 5.41) is 7.73. The fourth-order valence-corrected chi connectivity index (χ4v) is 4.47. The Hall–Kier alpha value is -1.53. The Morgan fingerprint density at radius 2 is 2.18 bits per heavy atom. The van der Waals surface area contributed by atoms with Crippen molar-refractivity contribution in [1.82, 2.24) is 20.5 Å². The lowest BCUT2D eigenvalue weighted by Crippen LogP contribution is -2.45. The molecule has 0 saturated carbocycles. The Balaban J connectivity index is 1.33. The van der Waals surface area contributed by atoms with E-state index in [9.17, 15) is 0 Å². The maximum absolute atomic E-state index is 6.28. The summed E-state index contributed by atoms with van der Waals surface area (Å²) in [6, 6.07) is 4.13. The molecule has 0 aromatic carbocycles. The quantitative estimate of drug-likeness (QED) is 0.414. The van der Waals surface area contributed by atoms with Gasteiger partial charge in [-0.05, 0) is 63.2 Å². The third kappa shape index (κ3) is 6.24. The van der Waals surface area contributed by atoms with Gasteiger partial charge in [0.2, 0.25) is 0 Å². The number of nitrogens with one attached hydrogen (secondary N) is 2. The van der Waals surface area contributed by atoms with Crippen LogP contribution in [-0.2, 0) is 0 Å². The highest BCUT2D eigenvalue weighted by molar-refractivity contribution is 6.32. The van der Waals surface area contributed by atoms with Gasteiger partial charge in [-0.15, -0.1) is 0 Å². The molecule has 2 N–H and O–H groups in total. The van der Waals surface area contributed by atoms with Gasteiger partial charge in [0, 0.05) is 45.5 Å². The van der Waals surface area contributed by atoms with Crippen LogP contribution in [0.4, 0.5) is 5.82 Å². The van der Waals surface area contributed by atoms with Crippen molar-refractivity contribution in [3.8, 4) is 0 Å². The Labute approximate surface area is 174 Å². The molecule has 2 atom stereocenters. The maximum Gasteiger partial charge on any atom is 0.191 e. The van der Waals surface area contributed by atoms with E-state index in [1.165, 1.54) is 45.3 Å². The van der Waals surface area contributed by atoms with E-state index >= 15 is 0 Å². The maximum atomic E-state index is 6.28. The van der Waals surface area contributed by atoms with Gasteiger partial charge >= 0.3 is 0 Å². The number of nitrogens with zero attached hydrogens (tertiary/aromatic N) is 4. The number of halogens is 1. The van der Waals surface area contributed by atoms with Crippen molar-refractivity contribution in [1.29, 1.82) is 0 Å². The first-order valence-corrected chi connectivity index (χ1v) is 11.1. The third-order valence-electron chi connectivity index (χ3n) is 5.73. The van der Waals surface area contributed by atoms with E-state index in [4.69, 9.17) is 11.6 Å². The lowest BCUT2D eigenvalue weighted by atomic mass is 10.0. The normalized spacial score (nSPS) is 23.8. The highest BCUT2D eigenvalue weighted by atomic mass is 35.5. The van der Waals surface area contributed by atoms with Gasteiger partial charge in [-0.1, -0.05) is 18.5 Å². The van der Waals surface area contributed by atoms with E-state index in [-0.39, 0.29) is 0 Å². The van der Waals surface area contributed by atoms with Crippen LogP contribution in [0, 0.1) is 5.92 Å². The average Bonchev–Trinajstić information content (AvgIpc) is 3.15. The van der Waals surface area contributed by atoms with Crippen molar-refractivity contribution in [2.24, 2.45) is 10.9 Å². The standard InChI is InChI=1S/C21H35ClN6/c1-17-7-6-13-27(15-17)12-4-3-10-25-21(23-2)26-18-9-14-28(16-18)20-19(22)8-5-11-24-20/h5,8,11,17-18H,3-4,6-7,9-10,12-16H2,1-2H3,(H2,23,25,26). The summed E-state index contributed by atoms with van der Waals surface area (Å²) in [4.78, 5) is 13.7. The summed E-state index contributed by atoms with van der Waals surface area (Å²) in [6.07, 6.45) is 8.02. The number of pyridine rings is 1. The van der Waals surface area contributed by atoms with E-state index in [0.717, 1.165) is 43.8 Å². The fraction of sp³-hybridized carbons (Fsp3) is 0.714. The van der Waals surface area contributed by atoms with Gasteiger partial charge < -0.3 is 20.4 Å². The molecule has 2 aliphatic heterocycles. The number of hydrogen-bond acceptors (Lipinski definition) is 4. The van der Waals surface area contributed by atoms with E-state index in [2.05, 4.69) is 37.3 Å². The Morgan fingerprint density at radius 1 is 1.29 bits per heavy atom. The lowest BCUT2D eigenvalue weighted by molar-refractivity contribution is 0.181. The minimum absolute atomic E-state index is 0.360. The van der Waals surface area contributed by atoms with Crippen LogP contribution >= 0.6 is 11.6 Å². The van der Waals surface area contributed by atoms with Crippen LogP contribution in [0.15, 0.2) is 23.3 Å². The molecule has 0 amide bonds. The molecule has 2 unspecified atom stereocenters. The summed E-state index contributed by atoms with van der Waals surface area (Å²) >= 11 is 6.28. The molecule has 3 rings (SSSR count). The van der Waals surface area contributed by atoms with E-state index < -0.39 is 0 Å². The Kier molecular flexibility index (Phi) is 8.22. The first kappa shape index (κ1) is 21.2. The first-order valence-electron chi connectivity index (χ1n) is 10.7. The number of anilines is 1. The van der Waals surface area contributed by atoms with Gasteiger partial charge in [0.25, 0.3) is 0 Å². The molecule has 28 heavy (non-hydrogen) atoms. The largest absolute Gasteiger partial charge is 0.356 e. The van der Waals surface area contributed by atoms with Crippen LogP contribution in [0.5, 0.6) is 0 Å². The fourth-order valence-electron chi connectivity index (χ4n) is 4.23. The predicted molar refractivity (Wildman–Crippen MR) is 118 cm³/mol. The molecule has 0 bridgehead atoms. The molecule has 3 heterocycles. The molecule has 7 heteroatoms. The van der Waals surface area contributed by atoms with Crippen molar-refractivity contribution < 1.29 is 0 Å². The van der Waals surface area contributed by atoms with Gasteiger partial charge in [0.15, 0.2) is 5.96 Å². The van der Waals surface area contributed by atoms with Crippen molar-refractivity contribution in [3.63, 3.8) is 0 Å². The number of piperidine rings is 1. The molecule has 2 saturated heterocycles. The summed E-state index contributed by atoms with van der Waals surface area (Å²) in [7, 11) is 1.84. The molecule has 0 aliphatic carbocycles. The predicted octanol–water partition coefficient (Wildman–Crippen LogP) is 2.99. The molecular weight excluding hydrogens is 372 g/mol. The summed E-state index contributed by atoms with van der Waals surface area (Å²) < 4.78 is 0. The van der Waals surface area contributed by atoms with E-state index in [1.54, 1.807) is 6.20 Å². The number of aromatic nitrogens is 1. The summed E-state index contributed by atoms with van der Waals surface area (Å²) in [6.45, 7) is 8.96. The second-order valence-corrected chi connectivity index (χ2v) is 8.55. The highest BCUT2D eigenvalue weighted by Crippen LogP contribution is 2.25. The second kappa shape index (κ2) is 10.9. The van der Waals surface area contributed by atoms with Gasteiger partial charge in [0.1, 0.15) is 5.82 Å². The molecule has 156 valence electrons. The molecule has 0 spiro atoms. The molecule has 2 aliphatic rings. The van der Waals surface area contributed by atoms with E-state index in [0.29, 0.717) is 11.1 Å². The van der Waals surface area contributed by atoms with Crippen molar-refractivity contribution in [2.45, 2.75) is 45.1 Å². The van der Waals surface area contributed by atoms with Crippen molar-refractivity contribution in [2.75, 3.05) is 51.2 Å². The first-order chi connectivity index (χ1) is 13.7. The summed E-state index contributed by atoms with van der Waals surface area (Å²) in [5.41, 5.74) is 0. The molecule has 1 aromatic rings. The molecule has 1 aromatic heterocycles. The van der Waals surface area contributed by atoms with Crippen LogP contribution in [-0.4, -0.2) is 68.2 Å². The molecule has 2 fully saturated rings. The molecular formula is C21H35ClN6. The van der Waals surface area contributed by atoms with E-state index in [1.807, 2.05) is 19.2 Å². The number of aliphatic imine (C=N–C) groups is 1. The second-order valence-electron chi connectivity index (χ2n) is 8.14. The van der Waals surface area contributed by atoms with Crippen LogP contribution < -0.4 is 15.5 Å². The van der Waals surface area contributed by atoms with Gasteiger partial charge in [-0.3, -0.25) is 4.99 Å². The van der Waals surface area contributed by atoms with Crippen molar-refractivity contribution >= 4 is 23.4 Å². The van der Waals surface area contributed by atoms with Crippen LogP contribution in [0.2, 0.25) is 5.02 Å². The Bertz CT molecular complexity index is 637. The van der Waals surface area contributed by atoms with Gasteiger partial charge in [-0.25, -0.2) is 4.98 Å². The van der Waals surface area contributed by atoms with Crippen LogP contribution in [0.1, 0.15) is 39.0 Å². The molecule has 0 radical (unpaired) electrons. The monoisotopic (exact) mass is 406 g/mol. The average molecular weight is 407 g/mol. The minimum atomic E-state index is 0.360. The number of unbranched alkanes of at least 4 members (excludes halogenated alkanes) is 1. The SMILES string of the molecule is CN=C(NCCCCN1CCCC(C)C1)NC1CCN(c2ncccc2Cl)C1. The topological polar surface area (TPSA) is 55.8 Å². The number of hydrogen-bond donors (Lipinski definition) is 2. The minimum Gasteiger partial charge on any atom is -0.356 e. The highest BCUT2D eigenvalue weighted by Gasteiger charge is 2.25. The number of rotatable bonds is 7. The molecule has 6 nitrogen and oxygen atoms in total. The number of likely N-dealkylation sites (tertiary alicyclic amines) is 1. The zero-order chi connectivity index (χ0) is 19.8. The summed E-state index contributed by atoms with van der Waals surface area (Å²) in [5.74, 6) is 2.64. The van der Waals surface area contributed by atoms with Crippen LogP contribution in [0.25, 0.3) is 0 Å². The van der Waals surface area contributed by atoms with Gasteiger partial charge in [-0.2, -0.15) is 0 Å². The van der Waals surface area contributed by atoms with Crippen molar-refractivity contribution in [3.05, 3.63) is 23.4 Å². The van der Waals surface area contributed by atoms with Crippen LogP contribution in [0.3, 0.4) is 0 Å². The Morgan fingerprint density at radius 3 is 2.96 bits per heavy atom. The number of guanidine groups is 1. The lowest BCUT2D eigenvalue weighted by Gasteiger charge is -2.30. The van der Waals surface area contributed by atoms with Gasteiger partial charge in [0.05, 0.1) is 5.02 Å².